The average Bonchev–Trinajstić information content (AvgIpc) is 2.61. The van der Waals surface area contributed by atoms with Gasteiger partial charge in [0.2, 0.25) is 0 Å². The van der Waals surface area contributed by atoms with Crippen LogP contribution in [0.2, 0.25) is 0 Å². The number of hydrogen-bond donors (Lipinski definition) is 0. The summed E-state index contributed by atoms with van der Waals surface area (Å²) in [6, 6.07) is 18.7. The van der Waals surface area contributed by atoms with Gasteiger partial charge in [-0.1, -0.05) is 46.3 Å². The standard InChI is InChI=1S/C19H13BrN2O2/c1-12(11-21)24-19(23)16-10-18(13-6-8-14(20)9-7-13)22-17-5-3-2-4-15(16)17/h2-10,12H,1H3/t12-/m1/s1. The number of rotatable bonds is 3. The minimum Gasteiger partial charge on any atom is -0.444 e. The second-order valence-corrected chi connectivity index (χ2v) is 6.17. The molecule has 118 valence electrons. The van der Waals surface area contributed by atoms with Crippen LogP contribution in [0.3, 0.4) is 0 Å². The van der Waals surface area contributed by atoms with Crippen LogP contribution in [0.4, 0.5) is 0 Å². The third-order valence-corrected chi connectivity index (χ3v) is 4.07. The number of esters is 1. The number of pyridine rings is 1. The first kappa shape index (κ1) is 16.2. The Kier molecular flexibility index (Phi) is 4.59. The maximum Gasteiger partial charge on any atom is 0.340 e. The summed E-state index contributed by atoms with van der Waals surface area (Å²) in [4.78, 5) is 17.1. The molecule has 0 spiro atoms. The minimum absolute atomic E-state index is 0.403. The number of carbonyl (C=O) groups is 1. The highest BCUT2D eigenvalue weighted by molar-refractivity contribution is 9.10. The van der Waals surface area contributed by atoms with Crippen LogP contribution in [-0.2, 0) is 4.74 Å². The summed E-state index contributed by atoms with van der Waals surface area (Å²) in [5.41, 5.74) is 2.68. The molecule has 0 radical (unpaired) electrons. The summed E-state index contributed by atoms with van der Waals surface area (Å²) in [5.74, 6) is -0.527. The lowest BCUT2D eigenvalue weighted by atomic mass is 10.0. The van der Waals surface area contributed by atoms with Crippen LogP contribution in [0.1, 0.15) is 17.3 Å². The van der Waals surface area contributed by atoms with E-state index in [4.69, 9.17) is 10.00 Å². The van der Waals surface area contributed by atoms with Crippen LogP contribution < -0.4 is 0 Å². The minimum atomic E-state index is -0.805. The Balaban J connectivity index is 2.14. The fourth-order valence-electron chi connectivity index (χ4n) is 2.36. The number of benzene rings is 2. The molecule has 4 nitrogen and oxygen atoms in total. The zero-order chi connectivity index (χ0) is 17.1. The van der Waals surface area contributed by atoms with Crippen LogP contribution in [0.15, 0.2) is 59.1 Å². The van der Waals surface area contributed by atoms with Crippen molar-refractivity contribution in [2.45, 2.75) is 13.0 Å². The van der Waals surface area contributed by atoms with Crippen molar-refractivity contribution in [2.24, 2.45) is 0 Å². The number of carbonyl (C=O) groups excluding carboxylic acids is 1. The molecule has 0 saturated heterocycles. The van der Waals surface area contributed by atoms with Crippen LogP contribution in [-0.4, -0.2) is 17.1 Å². The number of nitrogens with zero attached hydrogens (tertiary/aromatic N) is 2. The van der Waals surface area contributed by atoms with Gasteiger partial charge in [-0.15, -0.1) is 0 Å². The Morgan fingerprint density at radius 3 is 2.62 bits per heavy atom. The molecular formula is C19H13BrN2O2. The summed E-state index contributed by atoms with van der Waals surface area (Å²) in [6.45, 7) is 1.54. The first-order valence-electron chi connectivity index (χ1n) is 7.35. The Bertz CT molecular complexity index is 946. The largest absolute Gasteiger partial charge is 0.444 e. The molecule has 0 fully saturated rings. The number of para-hydroxylation sites is 1. The summed E-state index contributed by atoms with van der Waals surface area (Å²) in [5, 5.41) is 9.56. The van der Waals surface area contributed by atoms with Crippen LogP contribution in [0.5, 0.6) is 0 Å². The molecule has 0 saturated carbocycles. The van der Waals surface area contributed by atoms with E-state index in [1.807, 2.05) is 54.6 Å². The van der Waals surface area contributed by atoms with Gasteiger partial charge in [0, 0.05) is 15.4 Å². The summed E-state index contributed by atoms with van der Waals surface area (Å²) >= 11 is 3.41. The molecular weight excluding hydrogens is 368 g/mol. The Labute approximate surface area is 147 Å². The lowest BCUT2D eigenvalue weighted by molar-refractivity contribution is 0.0438. The number of fused-ring (bicyclic) bond motifs is 1. The van der Waals surface area contributed by atoms with Crippen molar-refractivity contribution in [3.8, 4) is 17.3 Å². The van der Waals surface area contributed by atoms with Gasteiger partial charge >= 0.3 is 5.97 Å². The van der Waals surface area contributed by atoms with Crippen molar-refractivity contribution < 1.29 is 9.53 Å². The molecule has 1 heterocycles. The molecule has 2 aromatic carbocycles. The van der Waals surface area contributed by atoms with Crippen molar-refractivity contribution in [1.82, 2.24) is 4.98 Å². The molecule has 0 N–H and O–H groups in total. The van der Waals surface area contributed by atoms with E-state index in [0.29, 0.717) is 22.2 Å². The van der Waals surface area contributed by atoms with Gasteiger partial charge in [-0.3, -0.25) is 0 Å². The first-order chi connectivity index (χ1) is 11.6. The lowest BCUT2D eigenvalue weighted by Crippen LogP contribution is -2.14. The highest BCUT2D eigenvalue weighted by Crippen LogP contribution is 2.26. The first-order valence-corrected chi connectivity index (χ1v) is 8.14. The molecule has 5 heteroatoms. The summed E-state index contributed by atoms with van der Waals surface area (Å²) < 4.78 is 6.14. The van der Waals surface area contributed by atoms with Gasteiger partial charge in [-0.25, -0.2) is 9.78 Å². The summed E-state index contributed by atoms with van der Waals surface area (Å²) in [7, 11) is 0. The van der Waals surface area contributed by atoms with Crippen LogP contribution in [0.25, 0.3) is 22.2 Å². The van der Waals surface area contributed by atoms with E-state index in [1.54, 1.807) is 6.07 Å². The van der Waals surface area contributed by atoms with Gasteiger partial charge in [0.1, 0.15) is 6.07 Å². The van der Waals surface area contributed by atoms with Crippen molar-refractivity contribution in [3.05, 3.63) is 64.6 Å². The van der Waals surface area contributed by atoms with Crippen molar-refractivity contribution in [1.29, 1.82) is 5.26 Å². The molecule has 0 aliphatic carbocycles. The van der Waals surface area contributed by atoms with E-state index in [-0.39, 0.29) is 0 Å². The van der Waals surface area contributed by atoms with Crippen molar-refractivity contribution >= 4 is 32.8 Å². The number of hydrogen-bond acceptors (Lipinski definition) is 4. The molecule has 0 amide bonds. The highest BCUT2D eigenvalue weighted by Gasteiger charge is 2.17. The monoisotopic (exact) mass is 380 g/mol. The molecule has 0 aliphatic rings. The Hall–Kier alpha value is -2.71. The van der Waals surface area contributed by atoms with E-state index in [9.17, 15) is 4.79 Å². The molecule has 0 bridgehead atoms. The highest BCUT2D eigenvalue weighted by atomic mass is 79.9. The number of nitriles is 1. The second kappa shape index (κ2) is 6.81. The van der Waals surface area contributed by atoms with E-state index in [1.165, 1.54) is 6.92 Å². The zero-order valence-corrected chi connectivity index (χ0v) is 14.4. The second-order valence-electron chi connectivity index (χ2n) is 5.26. The molecule has 1 atom stereocenters. The maximum atomic E-state index is 12.5. The normalized spacial score (nSPS) is 11.7. The Morgan fingerprint density at radius 1 is 1.21 bits per heavy atom. The van der Waals surface area contributed by atoms with E-state index in [0.717, 1.165) is 10.0 Å². The van der Waals surface area contributed by atoms with Gasteiger partial charge in [0.25, 0.3) is 0 Å². The van der Waals surface area contributed by atoms with E-state index in [2.05, 4.69) is 20.9 Å². The molecule has 0 unspecified atom stereocenters. The molecule has 0 aliphatic heterocycles. The molecule has 24 heavy (non-hydrogen) atoms. The topological polar surface area (TPSA) is 63.0 Å². The Morgan fingerprint density at radius 2 is 1.92 bits per heavy atom. The van der Waals surface area contributed by atoms with Gasteiger partial charge in [0.15, 0.2) is 6.10 Å². The fourth-order valence-corrected chi connectivity index (χ4v) is 2.63. The third-order valence-electron chi connectivity index (χ3n) is 3.54. The van der Waals surface area contributed by atoms with Gasteiger partial charge in [-0.2, -0.15) is 5.26 Å². The van der Waals surface area contributed by atoms with Crippen molar-refractivity contribution in [2.75, 3.05) is 0 Å². The molecule has 3 rings (SSSR count). The van der Waals surface area contributed by atoms with Gasteiger partial charge in [0.05, 0.1) is 16.8 Å². The van der Waals surface area contributed by atoms with E-state index >= 15 is 0 Å². The fraction of sp³-hybridized carbons (Fsp3) is 0.105. The molecule has 1 aromatic heterocycles. The molecule has 3 aromatic rings. The number of ether oxygens (including phenoxy) is 1. The third kappa shape index (κ3) is 3.29. The number of aromatic nitrogens is 1. The quantitative estimate of drug-likeness (QED) is 0.615. The maximum absolute atomic E-state index is 12.5. The zero-order valence-electron chi connectivity index (χ0n) is 12.9. The van der Waals surface area contributed by atoms with Crippen molar-refractivity contribution in [3.63, 3.8) is 0 Å². The van der Waals surface area contributed by atoms with E-state index < -0.39 is 12.1 Å². The predicted octanol–water partition coefficient (Wildman–Crippen LogP) is 4.73. The smallest absolute Gasteiger partial charge is 0.340 e. The van der Waals surface area contributed by atoms with Gasteiger partial charge < -0.3 is 4.74 Å². The SMILES string of the molecule is C[C@H](C#N)OC(=O)c1cc(-c2ccc(Br)cc2)nc2ccccc12. The number of halogens is 1. The lowest BCUT2D eigenvalue weighted by Gasteiger charge is -2.11. The average molecular weight is 381 g/mol. The summed E-state index contributed by atoms with van der Waals surface area (Å²) in [6.07, 6.45) is -0.805. The van der Waals surface area contributed by atoms with Crippen LogP contribution in [0, 0.1) is 11.3 Å². The van der Waals surface area contributed by atoms with Gasteiger partial charge in [-0.05, 0) is 31.2 Å². The van der Waals surface area contributed by atoms with Crippen LogP contribution >= 0.6 is 15.9 Å². The predicted molar refractivity (Wildman–Crippen MR) is 95.4 cm³/mol.